The molecule has 0 spiro atoms. The van der Waals surface area contributed by atoms with Crippen LogP contribution in [-0.4, -0.2) is 60.9 Å². The van der Waals surface area contributed by atoms with Crippen LogP contribution in [0.5, 0.6) is 0 Å². The summed E-state index contributed by atoms with van der Waals surface area (Å²) in [7, 11) is 2.00. The van der Waals surface area contributed by atoms with Crippen molar-refractivity contribution >= 4 is 11.8 Å². The summed E-state index contributed by atoms with van der Waals surface area (Å²) in [6.45, 7) is 4.97. The summed E-state index contributed by atoms with van der Waals surface area (Å²) in [5.41, 5.74) is 5.04. The van der Waals surface area contributed by atoms with Crippen LogP contribution in [0.15, 0.2) is 42.7 Å². The Balaban J connectivity index is 1.14. The Morgan fingerprint density at radius 2 is 1.91 bits per heavy atom. The number of nitrogens with zero attached hydrogens (tertiary/aromatic N) is 5. The highest BCUT2D eigenvalue weighted by atomic mass is 16.4. The van der Waals surface area contributed by atoms with Crippen molar-refractivity contribution in [3.05, 3.63) is 70.9 Å². The van der Waals surface area contributed by atoms with Crippen LogP contribution in [0.2, 0.25) is 0 Å². The number of carbonyl (C=O) groups is 1. The lowest BCUT2D eigenvalue weighted by molar-refractivity contribution is -0.143. The smallest absolute Gasteiger partial charge is 0.306 e. The third-order valence-corrected chi connectivity index (χ3v) is 11.5. The van der Waals surface area contributed by atoms with E-state index in [1.807, 2.05) is 17.9 Å². The molecule has 246 valence electrons. The second kappa shape index (κ2) is 13.8. The molecule has 9 nitrogen and oxygen atoms in total. The molecular formula is C37H51N7O2. The zero-order valence-electron chi connectivity index (χ0n) is 27.6. The zero-order chi connectivity index (χ0) is 31.6. The standard InChI is InChI=1S/C37H51N7O2/c1-3-31(25-11-13-26(14-12-25)37(45)46)38-21-35-40-32-16-15-27(24-8-5-4-6-9-24)18-30(32)36(42-35)41-33(29-20-39-43(2)22-29)23-44-17-7-10-28-19-34(28)44/h4-6,8-9,20,22,25-28,31,33-34,38H,3,7,10-19,21,23H2,1-2H3,(H,45,46)(H,40,41,42)/t25?,26?,27-,28-,31-,33+,34+/m1/s1. The number of likely N-dealkylation sites (tertiary alicyclic amines) is 1. The van der Waals surface area contributed by atoms with Crippen molar-refractivity contribution in [3.63, 3.8) is 0 Å². The van der Waals surface area contributed by atoms with Gasteiger partial charge in [0.05, 0.1) is 24.7 Å². The predicted octanol–water partition coefficient (Wildman–Crippen LogP) is 5.88. The number of hydrogen-bond acceptors (Lipinski definition) is 7. The largest absolute Gasteiger partial charge is 0.481 e. The van der Waals surface area contributed by atoms with E-state index in [-0.39, 0.29) is 12.0 Å². The number of aryl methyl sites for hydroxylation is 2. The van der Waals surface area contributed by atoms with E-state index in [0.717, 1.165) is 81.5 Å². The Morgan fingerprint density at radius 3 is 2.65 bits per heavy atom. The van der Waals surface area contributed by atoms with Gasteiger partial charge in [-0.1, -0.05) is 37.3 Å². The molecule has 0 unspecified atom stereocenters. The number of rotatable bonds is 12. The van der Waals surface area contributed by atoms with Gasteiger partial charge in [0, 0.05) is 48.7 Å². The second-order valence-electron chi connectivity index (χ2n) is 14.5. The second-order valence-corrected chi connectivity index (χ2v) is 14.5. The first-order chi connectivity index (χ1) is 22.4. The summed E-state index contributed by atoms with van der Waals surface area (Å²) in [6, 6.07) is 12.1. The lowest BCUT2D eigenvalue weighted by atomic mass is 9.78. The molecule has 3 fully saturated rings. The van der Waals surface area contributed by atoms with Gasteiger partial charge in [0.2, 0.25) is 0 Å². The molecule has 1 aromatic carbocycles. The molecule has 3 N–H and O–H groups in total. The van der Waals surface area contributed by atoms with Crippen LogP contribution < -0.4 is 10.6 Å². The number of anilines is 1. The minimum absolute atomic E-state index is 0.0952. The minimum atomic E-state index is -0.640. The van der Waals surface area contributed by atoms with E-state index in [2.05, 4.69) is 64.1 Å². The Kier molecular flexibility index (Phi) is 9.41. The summed E-state index contributed by atoms with van der Waals surface area (Å²) in [5.74, 6) is 2.84. The fourth-order valence-electron chi connectivity index (χ4n) is 8.70. The summed E-state index contributed by atoms with van der Waals surface area (Å²) >= 11 is 0. The zero-order valence-corrected chi connectivity index (χ0v) is 27.6. The van der Waals surface area contributed by atoms with E-state index >= 15 is 0 Å². The number of fused-ring (bicyclic) bond motifs is 2. The fourth-order valence-corrected chi connectivity index (χ4v) is 8.70. The van der Waals surface area contributed by atoms with Crippen molar-refractivity contribution in [3.8, 4) is 0 Å². The summed E-state index contributed by atoms with van der Waals surface area (Å²) in [6.07, 6.45) is 15.6. The first-order valence-electron chi connectivity index (χ1n) is 17.8. The van der Waals surface area contributed by atoms with Crippen LogP contribution >= 0.6 is 0 Å². The van der Waals surface area contributed by atoms with E-state index in [0.29, 0.717) is 24.4 Å². The number of aromatic nitrogens is 4. The van der Waals surface area contributed by atoms with Crippen molar-refractivity contribution in [2.45, 2.75) is 108 Å². The van der Waals surface area contributed by atoms with Crippen LogP contribution in [0.3, 0.4) is 0 Å². The lowest BCUT2D eigenvalue weighted by Crippen LogP contribution is -2.39. The van der Waals surface area contributed by atoms with Crippen molar-refractivity contribution in [1.82, 2.24) is 30.0 Å². The van der Waals surface area contributed by atoms with Crippen LogP contribution in [0.1, 0.15) is 105 Å². The van der Waals surface area contributed by atoms with Gasteiger partial charge in [0.15, 0.2) is 0 Å². The van der Waals surface area contributed by atoms with E-state index in [1.54, 1.807) is 0 Å². The monoisotopic (exact) mass is 625 g/mol. The molecule has 0 radical (unpaired) electrons. The molecule has 1 aliphatic heterocycles. The maximum atomic E-state index is 11.5. The molecule has 0 amide bonds. The molecule has 3 aromatic rings. The molecule has 4 aliphatic rings. The normalized spacial score (nSPS) is 27.3. The number of hydrogen-bond donors (Lipinski definition) is 3. The number of aliphatic carboxylic acids is 1. The third-order valence-electron chi connectivity index (χ3n) is 11.5. The molecule has 5 atom stereocenters. The number of piperidine rings is 1. The Morgan fingerprint density at radius 1 is 1.09 bits per heavy atom. The van der Waals surface area contributed by atoms with Gasteiger partial charge in [-0.2, -0.15) is 5.10 Å². The quantitative estimate of drug-likeness (QED) is 0.229. The minimum Gasteiger partial charge on any atom is -0.481 e. The van der Waals surface area contributed by atoms with Crippen molar-refractivity contribution < 1.29 is 9.90 Å². The summed E-state index contributed by atoms with van der Waals surface area (Å²) in [5, 5.41) is 21.8. The van der Waals surface area contributed by atoms with E-state index < -0.39 is 5.97 Å². The fraction of sp³-hybridized carbons (Fsp3) is 0.622. The SMILES string of the molecule is CC[C@@H](NCc1nc2c(c(N[C@@H](CN3CCC[C@@H]4C[C@@H]43)c3cnn(C)c3)n1)C[C@H](c1ccccc1)CC2)C1CCC(C(=O)O)CC1. The highest BCUT2D eigenvalue weighted by molar-refractivity contribution is 5.70. The molecule has 1 saturated heterocycles. The van der Waals surface area contributed by atoms with Crippen molar-refractivity contribution in [2.24, 2.45) is 24.8 Å². The highest BCUT2D eigenvalue weighted by Gasteiger charge is 2.44. The number of carboxylic acids is 1. The van der Waals surface area contributed by atoms with Gasteiger partial charge in [-0.3, -0.25) is 14.4 Å². The molecule has 3 heterocycles. The van der Waals surface area contributed by atoms with E-state index in [9.17, 15) is 9.90 Å². The molecule has 3 aliphatic carbocycles. The molecule has 7 rings (SSSR count). The molecular weight excluding hydrogens is 574 g/mol. The summed E-state index contributed by atoms with van der Waals surface area (Å²) in [4.78, 5) is 24.7. The van der Waals surface area contributed by atoms with E-state index in [1.165, 1.54) is 48.2 Å². The molecule has 2 saturated carbocycles. The number of carboxylic acid groups (broad SMARTS) is 1. The van der Waals surface area contributed by atoms with Crippen LogP contribution in [-0.2, 0) is 31.2 Å². The Bertz CT molecular complexity index is 1480. The first kappa shape index (κ1) is 31.3. The van der Waals surface area contributed by atoms with Crippen LogP contribution in [0, 0.1) is 17.8 Å². The highest BCUT2D eigenvalue weighted by Crippen LogP contribution is 2.44. The molecule has 9 heteroatoms. The maximum Gasteiger partial charge on any atom is 0.306 e. The average molecular weight is 626 g/mol. The Labute approximate surface area is 273 Å². The average Bonchev–Trinajstić information content (AvgIpc) is 3.76. The van der Waals surface area contributed by atoms with Gasteiger partial charge >= 0.3 is 5.97 Å². The molecule has 0 bridgehead atoms. The van der Waals surface area contributed by atoms with Gasteiger partial charge in [0.25, 0.3) is 0 Å². The van der Waals surface area contributed by atoms with Gasteiger partial charge in [0.1, 0.15) is 11.6 Å². The van der Waals surface area contributed by atoms with E-state index in [4.69, 9.17) is 9.97 Å². The van der Waals surface area contributed by atoms with Gasteiger partial charge in [-0.25, -0.2) is 9.97 Å². The maximum absolute atomic E-state index is 11.5. The predicted molar refractivity (Wildman–Crippen MR) is 180 cm³/mol. The topological polar surface area (TPSA) is 108 Å². The third kappa shape index (κ3) is 7.00. The van der Waals surface area contributed by atoms with Crippen LogP contribution in [0.4, 0.5) is 5.82 Å². The van der Waals surface area contributed by atoms with Gasteiger partial charge < -0.3 is 15.7 Å². The first-order valence-corrected chi connectivity index (χ1v) is 17.8. The molecule has 2 aromatic heterocycles. The van der Waals surface area contributed by atoms with Crippen molar-refractivity contribution in [2.75, 3.05) is 18.4 Å². The lowest BCUT2D eigenvalue weighted by Gasteiger charge is -2.33. The van der Waals surface area contributed by atoms with Gasteiger partial charge in [-0.05, 0) is 100 Å². The van der Waals surface area contributed by atoms with Crippen LogP contribution in [0.25, 0.3) is 0 Å². The molecule has 46 heavy (non-hydrogen) atoms. The number of nitrogens with one attached hydrogen (secondary N) is 2. The summed E-state index contributed by atoms with van der Waals surface area (Å²) < 4.78 is 1.91. The number of benzene rings is 1. The van der Waals surface area contributed by atoms with Gasteiger partial charge in [-0.15, -0.1) is 0 Å². The van der Waals surface area contributed by atoms with Crippen molar-refractivity contribution in [1.29, 1.82) is 0 Å². The Hall–Kier alpha value is -3.30.